The van der Waals surface area contributed by atoms with Crippen LogP contribution in [0.5, 0.6) is 0 Å². The van der Waals surface area contributed by atoms with Gasteiger partial charge >= 0.3 is 0 Å². The third-order valence-electron chi connectivity index (χ3n) is 1.93. The van der Waals surface area contributed by atoms with Gasteiger partial charge in [0, 0.05) is 6.04 Å². The maximum absolute atomic E-state index is 5.60. The van der Waals surface area contributed by atoms with Crippen molar-refractivity contribution in [2.45, 2.75) is 38.6 Å². The Morgan fingerprint density at radius 3 is 2.22 bits per heavy atom. The van der Waals surface area contributed by atoms with E-state index in [4.69, 9.17) is 5.73 Å². The van der Waals surface area contributed by atoms with Crippen molar-refractivity contribution in [3.63, 3.8) is 0 Å². The molecule has 1 fully saturated rings. The van der Waals surface area contributed by atoms with Gasteiger partial charge in [-0.1, -0.05) is 19.3 Å². The molecule has 0 saturated heterocycles. The molecule has 0 bridgehead atoms. The molecule has 1 saturated carbocycles. The average molecular weight is 150 g/mol. The Hall–Kier alpha value is 0.250. The molecule has 0 aromatic heterocycles. The molecular formula is C7H16ClN. The van der Waals surface area contributed by atoms with Gasteiger partial charge in [-0.2, -0.15) is 0 Å². The number of hydrogen-bond donors (Lipinski definition) is 1. The molecule has 0 aliphatic heterocycles. The van der Waals surface area contributed by atoms with Gasteiger partial charge in [0.25, 0.3) is 0 Å². The highest BCUT2D eigenvalue weighted by atomic mass is 35.5. The van der Waals surface area contributed by atoms with Gasteiger partial charge in [0.05, 0.1) is 0 Å². The lowest BCUT2D eigenvalue weighted by Crippen LogP contribution is -2.23. The first-order valence-corrected chi connectivity index (χ1v) is 3.54. The number of rotatable bonds is 2. The Kier molecular flexibility index (Phi) is 4.24. The molecule has 1 aliphatic rings. The minimum atomic E-state index is 0. The van der Waals surface area contributed by atoms with Gasteiger partial charge in [-0.15, -0.1) is 12.4 Å². The first-order chi connectivity index (χ1) is 3.79. The van der Waals surface area contributed by atoms with E-state index in [1.807, 2.05) is 0 Å². The molecule has 2 N–H and O–H groups in total. The zero-order valence-electron chi connectivity index (χ0n) is 5.97. The van der Waals surface area contributed by atoms with Gasteiger partial charge in [-0.05, 0) is 19.3 Å². The number of hydrogen-bond acceptors (Lipinski definition) is 1. The quantitative estimate of drug-likeness (QED) is 0.638. The first kappa shape index (κ1) is 9.25. The Labute approximate surface area is 63.4 Å². The second-order valence-corrected chi connectivity index (χ2v) is 3.01. The van der Waals surface area contributed by atoms with Crippen molar-refractivity contribution in [2.75, 3.05) is 0 Å². The Bertz CT molecular complexity index is 69.3. The van der Waals surface area contributed by atoms with Crippen molar-refractivity contribution in [3.05, 3.63) is 0 Å². The molecule has 0 heterocycles. The van der Waals surface area contributed by atoms with E-state index in [0.29, 0.717) is 6.04 Å². The molecule has 1 aliphatic carbocycles. The highest BCUT2D eigenvalue weighted by molar-refractivity contribution is 5.85. The maximum atomic E-state index is 5.60. The lowest BCUT2D eigenvalue weighted by molar-refractivity contribution is 0.281. The minimum Gasteiger partial charge on any atom is -0.328 e. The summed E-state index contributed by atoms with van der Waals surface area (Å²) in [6.07, 6.45) is 5.56. The second kappa shape index (κ2) is 4.13. The van der Waals surface area contributed by atoms with Crippen molar-refractivity contribution >= 4 is 12.4 Å². The molecule has 1 atom stereocenters. The zero-order valence-corrected chi connectivity index (χ0v) is 6.79. The van der Waals surface area contributed by atoms with Crippen molar-refractivity contribution in [3.8, 4) is 0 Å². The fraction of sp³-hybridized carbons (Fsp3) is 1.00. The molecule has 56 valence electrons. The summed E-state index contributed by atoms with van der Waals surface area (Å²) in [5.41, 5.74) is 5.60. The highest BCUT2D eigenvalue weighted by Gasteiger charge is 2.17. The van der Waals surface area contributed by atoms with E-state index in [0.717, 1.165) is 5.92 Å². The largest absolute Gasteiger partial charge is 0.328 e. The Morgan fingerprint density at radius 2 is 2.11 bits per heavy atom. The Morgan fingerprint density at radius 1 is 1.56 bits per heavy atom. The minimum absolute atomic E-state index is 0. The van der Waals surface area contributed by atoms with Gasteiger partial charge < -0.3 is 5.73 Å². The first-order valence-electron chi connectivity index (χ1n) is 3.54. The zero-order chi connectivity index (χ0) is 5.98. The molecule has 0 amide bonds. The van der Waals surface area contributed by atoms with Crippen LogP contribution in [0.3, 0.4) is 0 Å². The summed E-state index contributed by atoms with van der Waals surface area (Å²) in [4.78, 5) is 0. The molecule has 0 aromatic rings. The van der Waals surface area contributed by atoms with E-state index in [-0.39, 0.29) is 12.4 Å². The van der Waals surface area contributed by atoms with Crippen LogP contribution < -0.4 is 5.73 Å². The van der Waals surface area contributed by atoms with Gasteiger partial charge in [0.2, 0.25) is 0 Å². The standard InChI is InChI=1S/C7H15N.ClH/c1-6(8)5-7-3-2-4-7;/h6-7H,2-5,8H2,1H3;1H. The van der Waals surface area contributed by atoms with Crippen molar-refractivity contribution in [1.82, 2.24) is 0 Å². The molecule has 0 radical (unpaired) electrons. The monoisotopic (exact) mass is 149 g/mol. The smallest absolute Gasteiger partial charge is 0.00131 e. The molecule has 1 unspecified atom stereocenters. The van der Waals surface area contributed by atoms with E-state index in [2.05, 4.69) is 6.92 Å². The lowest BCUT2D eigenvalue weighted by atomic mass is 9.81. The summed E-state index contributed by atoms with van der Waals surface area (Å²) >= 11 is 0. The van der Waals surface area contributed by atoms with Crippen LogP contribution in [-0.4, -0.2) is 6.04 Å². The summed E-state index contributed by atoms with van der Waals surface area (Å²) in [6, 6.07) is 0.431. The van der Waals surface area contributed by atoms with Crippen molar-refractivity contribution < 1.29 is 0 Å². The van der Waals surface area contributed by atoms with Gasteiger partial charge in [0.15, 0.2) is 0 Å². The molecular weight excluding hydrogens is 134 g/mol. The van der Waals surface area contributed by atoms with Crippen LogP contribution in [-0.2, 0) is 0 Å². The fourth-order valence-corrected chi connectivity index (χ4v) is 1.25. The van der Waals surface area contributed by atoms with Crippen molar-refractivity contribution in [1.29, 1.82) is 0 Å². The molecule has 0 spiro atoms. The fourth-order valence-electron chi connectivity index (χ4n) is 1.25. The van der Waals surface area contributed by atoms with Crippen LogP contribution in [0.4, 0.5) is 0 Å². The molecule has 0 aromatic carbocycles. The van der Waals surface area contributed by atoms with Crippen molar-refractivity contribution in [2.24, 2.45) is 11.7 Å². The van der Waals surface area contributed by atoms with E-state index in [1.54, 1.807) is 0 Å². The molecule has 1 nitrogen and oxygen atoms in total. The van der Waals surface area contributed by atoms with E-state index < -0.39 is 0 Å². The van der Waals surface area contributed by atoms with Gasteiger partial charge in [-0.3, -0.25) is 0 Å². The summed E-state index contributed by atoms with van der Waals surface area (Å²) in [6.45, 7) is 2.10. The Balaban J connectivity index is 0.000000640. The lowest BCUT2D eigenvalue weighted by Gasteiger charge is -2.26. The van der Waals surface area contributed by atoms with E-state index >= 15 is 0 Å². The second-order valence-electron chi connectivity index (χ2n) is 3.01. The molecule has 9 heavy (non-hydrogen) atoms. The van der Waals surface area contributed by atoms with Crippen LogP contribution >= 0.6 is 12.4 Å². The maximum Gasteiger partial charge on any atom is 0.00131 e. The summed E-state index contributed by atoms with van der Waals surface area (Å²) < 4.78 is 0. The highest BCUT2D eigenvalue weighted by Crippen LogP contribution is 2.29. The average Bonchev–Trinajstić information content (AvgIpc) is 1.55. The van der Waals surface area contributed by atoms with Crippen LogP contribution in [0.15, 0.2) is 0 Å². The van der Waals surface area contributed by atoms with Crippen LogP contribution in [0, 0.1) is 5.92 Å². The van der Waals surface area contributed by atoms with Crippen LogP contribution in [0.1, 0.15) is 32.6 Å². The summed E-state index contributed by atoms with van der Waals surface area (Å²) in [7, 11) is 0. The predicted octanol–water partition coefficient (Wildman–Crippen LogP) is 1.95. The third-order valence-corrected chi connectivity index (χ3v) is 1.93. The topological polar surface area (TPSA) is 26.0 Å². The van der Waals surface area contributed by atoms with E-state index in [9.17, 15) is 0 Å². The SMILES string of the molecule is CC(N)CC1CCC1.Cl. The number of nitrogens with two attached hydrogens (primary N) is 1. The molecule has 1 rings (SSSR count). The third kappa shape index (κ3) is 3.07. The number of halogens is 1. The van der Waals surface area contributed by atoms with Crippen LogP contribution in [0.25, 0.3) is 0 Å². The predicted molar refractivity (Wildman–Crippen MR) is 42.9 cm³/mol. The van der Waals surface area contributed by atoms with Crippen LogP contribution in [0.2, 0.25) is 0 Å². The normalized spacial score (nSPS) is 22.0. The van der Waals surface area contributed by atoms with E-state index in [1.165, 1.54) is 25.7 Å². The summed E-state index contributed by atoms with van der Waals surface area (Å²) in [5, 5.41) is 0. The molecule has 2 heteroatoms. The van der Waals surface area contributed by atoms with Gasteiger partial charge in [0.1, 0.15) is 0 Å². The summed E-state index contributed by atoms with van der Waals surface area (Å²) in [5.74, 6) is 0.981. The van der Waals surface area contributed by atoms with Gasteiger partial charge in [-0.25, -0.2) is 0 Å².